The second-order valence-electron chi connectivity index (χ2n) is 10.7. The second kappa shape index (κ2) is 20.7. The molecule has 3 atom stereocenters. The molecule has 1 aromatic rings. The summed E-state index contributed by atoms with van der Waals surface area (Å²) in [5.74, 6) is 0.898. The van der Waals surface area contributed by atoms with Crippen molar-refractivity contribution in [3.8, 4) is 0 Å². The molecule has 4 amide bonds. The van der Waals surface area contributed by atoms with Crippen LogP contribution in [0, 0.1) is 0 Å². The molecule has 2 saturated heterocycles. The standard InChI is InChI=1S/C31H46N6O6S/c1-23(37-32)8-9-24-10-12-25(13-11-24)30(39)34-15-5-17-42-19-21-43-20-18-41-16-4-14-33-28(38)7-3-2-6-27-29-26(22-44-27)35-31(40)36-29/h8-13,26-27,29H,2-7,14-22H2,1H3,(H,33,38)(H,34,39)(H2,35,36,40)/b9-8+. The maximum atomic E-state index is 12.3. The molecule has 44 heavy (non-hydrogen) atoms. The van der Waals surface area contributed by atoms with Gasteiger partial charge in [-0.2, -0.15) is 16.6 Å². The van der Waals surface area contributed by atoms with E-state index in [9.17, 15) is 14.4 Å². The molecule has 4 N–H and O–H groups in total. The maximum Gasteiger partial charge on any atom is 0.315 e. The van der Waals surface area contributed by atoms with Crippen molar-refractivity contribution in [2.45, 2.75) is 62.8 Å². The van der Waals surface area contributed by atoms with E-state index in [1.165, 1.54) is 0 Å². The lowest BCUT2D eigenvalue weighted by Crippen LogP contribution is -2.36. The van der Waals surface area contributed by atoms with Crippen molar-refractivity contribution in [1.29, 1.82) is 0 Å². The van der Waals surface area contributed by atoms with Crippen molar-refractivity contribution in [3.05, 3.63) is 47.0 Å². The number of rotatable bonds is 22. The van der Waals surface area contributed by atoms with Gasteiger partial charge in [-0.05, 0) is 49.5 Å². The number of hydrogen-bond donors (Lipinski definition) is 4. The highest BCUT2D eigenvalue weighted by Gasteiger charge is 2.42. The van der Waals surface area contributed by atoms with E-state index >= 15 is 0 Å². The van der Waals surface area contributed by atoms with Gasteiger partial charge >= 0.3 is 6.03 Å². The van der Waals surface area contributed by atoms with Crippen LogP contribution in [-0.2, 0) is 19.0 Å². The third kappa shape index (κ3) is 13.6. The van der Waals surface area contributed by atoms with Crippen molar-refractivity contribution in [3.63, 3.8) is 0 Å². The van der Waals surface area contributed by atoms with Crippen LogP contribution in [0.15, 0.2) is 30.3 Å². The SMILES string of the molecule is CC(/C=C/c1ccc(C(=O)NCCCOCCOCCOCCCNC(=O)CCCCC2SCC3NC(=O)NC32)cc1)=[N+]=[N-]. The number of hydrogen-bond acceptors (Lipinski definition) is 7. The van der Waals surface area contributed by atoms with E-state index < -0.39 is 0 Å². The van der Waals surface area contributed by atoms with Gasteiger partial charge in [-0.15, -0.1) is 0 Å². The number of unbranched alkanes of at least 4 members (excludes halogenated alkanes) is 1. The minimum Gasteiger partial charge on any atom is -0.379 e. The highest BCUT2D eigenvalue weighted by Crippen LogP contribution is 2.33. The Hall–Kier alpha value is -3.22. The lowest BCUT2D eigenvalue weighted by atomic mass is 10.0. The van der Waals surface area contributed by atoms with Gasteiger partial charge in [0.15, 0.2) is 0 Å². The second-order valence-corrected chi connectivity index (χ2v) is 12.0. The number of ether oxygens (including phenoxy) is 3. The van der Waals surface area contributed by atoms with Crippen molar-refractivity contribution < 1.29 is 33.4 Å². The number of amides is 4. The van der Waals surface area contributed by atoms with Gasteiger partial charge in [-0.25, -0.2) is 4.79 Å². The van der Waals surface area contributed by atoms with Crippen LogP contribution in [-0.4, -0.2) is 104 Å². The zero-order chi connectivity index (χ0) is 31.4. The van der Waals surface area contributed by atoms with E-state index in [1.807, 2.05) is 30.0 Å². The van der Waals surface area contributed by atoms with Crippen molar-refractivity contribution >= 4 is 41.4 Å². The first kappa shape index (κ1) is 35.3. The molecule has 12 nitrogen and oxygen atoms in total. The zero-order valence-electron chi connectivity index (χ0n) is 25.6. The van der Waals surface area contributed by atoms with Gasteiger partial charge in [0.2, 0.25) is 5.91 Å². The minimum absolute atomic E-state index is 0.0595. The Morgan fingerprint density at radius 2 is 1.61 bits per heavy atom. The number of carbonyl (C=O) groups is 3. The number of allylic oxidation sites excluding steroid dienone is 1. The van der Waals surface area contributed by atoms with Crippen molar-refractivity contribution in [2.75, 3.05) is 58.5 Å². The number of nitrogens with zero attached hydrogens (tertiary/aromatic N) is 2. The number of fused-ring (bicyclic) bond motifs is 1. The van der Waals surface area contributed by atoms with Crippen molar-refractivity contribution in [1.82, 2.24) is 21.3 Å². The van der Waals surface area contributed by atoms with E-state index in [1.54, 1.807) is 25.1 Å². The molecule has 2 fully saturated rings. The van der Waals surface area contributed by atoms with E-state index in [0.717, 1.165) is 37.0 Å². The molecule has 13 heteroatoms. The van der Waals surface area contributed by atoms with Crippen LogP contribution in [0.3, 0.4) is 0 Å². The lowest BCUT2D eigenvalue weighted by Gasteiger charge is -2.16. The predicted molar refractivity (Wildman–Crippen MR) is 171 cm³/mol. The molecule has 0 bridgehead atoms. The predicted octanol–water partition coefficient (Wildman–Crippen LogP) is 2.79. The molecule has 3 unspecified atom stereocenters. The molecule has 2 heterocycles. The Morgan fingerprint density at radius 1 is 0.955 bits per heavy atom. The van der Waals surface area contributed by atoms with Crippen LogP contribution in [0.5, 0.6) is 0 Å². The third-order valence-electron chi connectivity index (χ3n) is 7.21. The highest BCUT2D eigenvalue weighted by atomic mass is 32.2. The maximum absolute atomic E-state index is 12.3. The summed E-state index contributed by atoms with van der Waals surface area (Å²) in [6, 6.07) is 7.58. The summed E-state index contributed by atoms with van der Waals surface area (Å²) in [4.78, 5) is 38.8. The number of carbonyl (C=O) groups excluding carboxylic acids is 3. The van der Waals surface area contributed by atoms with E-state index in [0.29, 0.717) is 82.1 Å². The fourth-order valence-corrected chi connectivity index (χ4v) is 6.32. The van der Waals surface area contributed by atoms with Gasteiger partial charge in [0, 0.05) is 62.3 Å². The average Bonchev–Trinajstić information content (AvgIpc) is 3.59. The van der Waals surface area contributed by atoms with Gasteiger partial charge in [0.1, 0.15) is 0 Å². The summed E-state index contributed by atoms with van der Waals surface area (Å²) < 4.78 is 16.6. The summed E-state index contributed by atoms with van der Waals surface area (Å²) in [7, 11) is 0. The molecular weight excluding hydrogens is 584 g/mol. The summed E-state index contributed by atoms with van der Waals surface area (Å²) >= 11 is 1.90. The molecule has 0 radical (unpaired) electrons. The van der Waals surface area contributed by atoms with Crippen LogP contribution in [0.1, 0.15) is 61.4 Å². The Morgan fingerprint density at radius 3 is 2.30 bits per heavy atom. The Labute approximate surface area is 264 Å². The van der Waals surface area contributed by atoms with Crippen LogP contribution >= 0.6 is 11.8 Å². The van der Waals surface area contributed by atoms with E-state index in [-0.39, 0.29) is 29.9 Å². The molecular formula is C31H46N6O6S. The molecule has 3 rings (SSSR count). The summed E-state index contributed by atoms with van der Waals surface area (Å²) in [5.41, 5.74) is 10.7. The molecule has 1 aromatic carbocycles. The first-order chi connectivity index (χ1) is 21.5. The Balaban J connectivity index is 1.04. The number of urea groups is 1. The van der Waals surface area contributed by atoms with Crippen molar-refractivity contribution in [2.24, 2.45) is 0 Å². The lowest BCUT2D eigenvalue weighted by molar-refractivity contribution is -0.121. The average molecular weight is 631 g/mol. The Kier molecular flexibility index (Phi) is 16.6. The normalized spacial score (nSPS) is 18.8. The largest absolute Gasteiger partial charge is 0.379 e. The fourth-order valence-electron chi connectivity index (χ4n) is 4.78. The molecule has 0 spiro atoms. The summed E-state index contributed by atoms with van der Waals surface area (Å²) in [5, 5.41) is 12.2. The summed E-state index contributed by atoms with van der Waals surface area (Å²) in [6.07, 6.45) is 8.33. The first-order valence-corrected chi connectivity index (χ1v) is 16.4. The topological polar surface area (TPSA) is 163 Å². The van der Waals surface area contributed by atoms with Gasteiger partial charge in [0.25, 0.3) is 11.6 Å². The van der Waals surface area contributed by atoms with E-state index in [2.05, 4.69) is 26.1 Å². The van der Waals surface area contributed by atoms with Gasteiger partial charge in [-0.3, -0.25) is 9.59 Å². The third-order valence-corrected chi connectivity index (χ3v) is 8.72. The molecule has 2 aliphatic rings. The van der Waals surface area contributed by atoms with E-state index in [4.69, 9.17) is 19.7 Å². The molecule has 0 aliphatic carbocycles. The highest BCUT2D eigenvalue weighted by molar-refractivity contribution is 8.00. The molecule has 0 saturated carbocycles. The quantitative estimate of drug-likeness (QED) is 0.0503. The fraction of sp³-hybridized carbons (Fsp3) is 0.613. The minimum atomic E-state index is -0.137. The Bertz CT molecular complexity index is 1130. The monoisotopic (exact) mass is 630 g/mol. The number of thioether (sulfide) groups is 1. The van der Waals surface area contributed by atoms with Crippen LogP contribution in [0.2, 0.25) is 0 Å². The smallest absolute Gasteiger partial charge is 0.315 e. The molecule has 2 aliphatic heterocycles. The molecule has 242 valence electrons. The number of nitrogens with one attached hydrogen (secondary N) is 4. The zero-order valence-corrected chi connectivity index (χ0v) is 26.4. The van der Waals surface area contributed by atoms with Gasteiger partial charge < -0.3 is 41.0 Å². The first-order valence-electron chi connectivity index (χ1n) is 15.4. The summed E-state index contributed by atoms with van der Waals surface area (Å²) in [6.45, 7) is 5.81. The number of benzene rings is 1. The van der Waals surface area contributed by atoms with Crippen LogP contribution in [0.4, 0.5) is 4.79 Å². The van der Waals surface area contributed by atoms with Crippen LogP contribution < -0.4 is 21.3 Å². The van der Waals surface area contributed by atoms with Gasteiger partial charge in [-0.1, -0.05) is 18.6 Å². The van der Waals surface area contributed by atoms with Crippen LogP contribution in [0.25, 0.3) is 11.6 Å². The molecule has 0 aromatic heterocycles. The van der Waals surface area contributed by atoms with Gasteiger partial charge in [0.05, 0.1) is 38.5 Å².